The Morgan fingerprint density at radius 3 is 0.857 bits per heavy atom. The van der Waals surface area contributed by atoms with E-state index >= 15 is 0 Å². The molecule has 204 valence electrons. The van der Waals surface area contributed by atoms with Gasteiger partial charge >= 0.3 is 15.2 Å². The topological polar surface area (TPSA) is 36.9 Å². The third-order valence-corrected chi connectivity index (χ3v) is 21.8. The molecule has 0 unspecified atom stereocenters. The summed E-state index contributed by atoms with van der Waals surface area (Å²) in [7, 11) is -14.1. The molecule has 4 nitrogen and oxygen atoms in total. The Morgan fingerprint density at radius 1 is 0.514 bits per heavy atom. The van der Waals surface area contributed by atoms with Crippen LogP contribution in [0.2, 0.25) is 72.0 Å². The Hall–Kier alpha value is -0.369. The molecule has 0 rings (SSSR count). The zero-order valence-electron chi connectivity index (χ0n) is 23.6. The van der Waals surface area contributed by atoms with Crippen molar-refractivity contribution in [1.82, 2.24) is 0 Å². The number of rotatable bonds is 13. The molecule has 35 heavy (non-hydrogen) atoms. The van der Waals surface area contributed by atoms with Crippen molar-refractivity contribution >= 4 is 50.4 Å². The fraction of sp³-hybridized carbons (Fsp3) is 0.545. The maximum atomic E-state index is 11.5. The third-order valence-electron chi connectivity index (χ3n) is 4.29. The van der Waals surface area contributed by atoms with Gasteiger partial charge in [0.2, 0.25) is 33.3 Å². The number of hydrogen-bond donors (Lipinski definition) is 0. The zero-order valence-corrected chi connectivity index (χ0v) is 29.6. The van der Waals surface area contributed by atoms with E-state index in [1.165, 1.54) is 5.70 Å². The van der Waals surface area contributed by atoms with Crippen LogP contribution in [0.1, 0.15) is 0 Å². The second-order valence-electron chi connectivity index (χ2n) is 11.4. The summed E-state index contributed by atoms with van der Waals surface area (Å²) in [5.74, 6) is 0. The van der Waals surface area contributed by atoms with Gasteiger partial charge in [-0.1, -0.05) is 48.1 Å². The van der Waals surface area contributed by atoms with Gasteiger partial charge in [0.1, 0.15) is 0 Å². The van der Waals surface area contributed by atoms with Crippen LogP contribution < -0.4 is 0 Å². The molecule has 0 fully saturated rings. The van der Waals surface area contributed by atoms with Crippen LogP contribution >= 0.6 is 0 Å². The van der Waals surface area contributed by atoms with E-state index < -0.39 is 56.6 Å². The fourth-order valence-electron chi connectivity index (χ4n) is 1.92. The first-order valence-corrected chi connectivity index (χ1v) is 28.6. The smallest absolute Gasteiger partial charge is 0.392 e. The first kappa shape index (κ1) is 36.8. The Balaban J connectivity index is 0. The Labute approximate surface area is 218 Å². The molecule has 0 spiro atoms. The highest BCUT2D eigenvalue weighted by Crippen LogP contribution is 2.30. The van der Waals surface area contributed by atoms with E-state index in [0.29, 0.717) is 6.08 Å². The van der Waals surface area contributed by atoms with Crippen LogP contribution in [0.5, 0.6) is 0 Å². The van der Waals surface area contributed by atoms with Crippen molar-refractivity contribution in [3.63, 3.8) is 0 Å². The van der Waals surface area contributed by atoms with Crippen LogP contribution in [0.25, 0.3) is 0 Å². The summed E-state index contributed by atoms with van der Waals surface area (Å²) in [6.07, 6.45) is -3.81. The lowest BCUT2D eigenvalue weighted by Crippen LogP contribution is -2.66. The fourth-order valence-corrected chi connectivity index (χ4v) is 17.5. The normalized spacial score (nSPS) is 14.2. The van der Waals surface area contributed by atoms with Gasteiger partial charge in [-0.3, -0.25) is 0 Å². The van der Waals surface area contributed by atoms with E-state index in [1.807, 2.05) is 42.4 Å². The summed E-state index contributed by atoms with van der Waals surface area (Å²) >= 11 is 0. The van der Waals surface area contributed by atoms with Crippen LogP contribution in [0.15, 0.2) is 60.9 Å². The van der Waals surface area contributed by atoms with E-state index in [-0.39, 0.29) is 0 Å². The highest BCUT2D eigenvalue weighted by Gasteiger charge is 2.57. The lowest BCUT2D eigenvalue weighted by molar-refractivity contribution is -0.0797. The minimum absolute atomic E-state index is 0.333. The predicted molar refractivity (Wildman–Crippen MR) is 159 cm³/mol. The summed E-state index contributed by atoms with van der Waals surface area (Å²) in [5, 5.41) is 0. The molecule has 0 aliphatic carbocycles. The van der Waals surface area contributed by atoms with Crippen molar-refractivity contribution < 1.29 is 29.6 Å². The van der Waals surface area contributed by atoms with Crippen molar-refractivity contribution in [2.45, 2.75) is 78.2 Å². The Bertz CT molecular complexity index is 648. The van der Waals surface area contributed by atoms with Crippen molar-refractivity contribution in [3.8, 4) is 0 Å². The minimum Gasteiger partial charge on any atom is -0.392 e. The summed E-state index contributed by atoms with van der Waals surface area (Å²) < 4.78 is 60.7. The number of alkyl halides is 3. The average molecular weight is 601 g/mol. The molecule has 0 saturated carbocycles. The molecule has 0 aliphatic rings. The van der Waals surface area contributed by atoms with Crippen molar-refractivity contribution in [2.75, 3.05) is 0 Å². The molecule has 0 bridgehead atoms. The maximum Gasteiger partial charge on any atom is 0.637 e. The van der Waals surface area contributed by atoms with Crippen LogP contribution in [0.4, 0.5) is 13.2 Å². The van der Waals surface area contributed by atoms with E-state index in [9.17, 15) is 13.2 Å². The molecule has 0 aromatic heterocycles. The summed E-state index contributed by atoms with van der Waals surface area (Å²) in [6, 6.07) is 0. The van der Waals surface area contributed by atoms with Gasteiger partial charge in [-0.25, -0.2) is 0 Å². The monoisotopic (exact) mass is 600 g/mol. The molecule has 0 aromatic carbocycles. The van der Waals surface area contributed by atoms with Gasteiger partial charge in [-0.15, -0.1) is 26.3 Å². The quantitative estimate of drug-likeness (QED) is 0.200. The summed E-state index contributed by atoms with van der Waals surface area (Å²) in [4.78, 5) is 0. The zero-order chi connectivity index (χ0) is 28.6. The van der Waals surface area contributed by atoms with Gasteiger partial charge in [-0.2, -0.15) is 13.2 Å². The largest absolute Gasteiger partial charge is 0.637 e. The van der Waals surface area contributed by atoms with E-state index in [1.54, 1.807) is 0 Å². The standard InChI is InChI=1S/C16H36O4Si5.C6H11F3Si/c1-13-21(5,6)17-25(18-22(7,8)14-2,19-23(9,10)15-3)20-24(11,12)16-4;1-10(2,3)5-4-6(7,8)9/h13-16H,1-4H2,5-12H3;4-5H,1-3H3/b;5-4+. The van der Waals surface area contributed by atoms with E-state index in [4.69, 9.17) is 16.5 Å². The van der Waals surface area contributed by atoms with Crippen LogP contribution in [-0.4, -0.2) is 56.6 Å². The minimum atomic E-state index is -4.14. The molecule has 0 N–H and O–H groups in total. The lowest BCUT2D eigenvalue weighted by atomic mass is 10.6. The maximum absolute atomic E-state index is 11.5. The molecule has 0 aliphatic heterocycles. The molecule has 0 atom stereocenters. The number of halogens is 3. The van der Waals surface area contributed by atoms with Crippen LogP contribution in [0.3, 0.4) is 0 Å². The molecule has 0 amide bonds. The predicted octanol–water partition coefficient (Wildman–Crippen LogP) is 8.19. The molecule has 0 radical (unpaired) electrons. The lowest BCUT2D eigenvalue weighted by Gasteiger charge is -2.44. The van der Waals surface area contributed by atoms with Gasteiger partial charge in [-0.05, 0) is 52.4 Å². The molecular weight excluding hydrogens is 554 g/mol. The summed E-state index contributed by atoms with van der Waals surface area (Å²) in [5.41, 5.74) is 8.78. The van der Waals surface area contributed by atoms with E-state index in [0.717, 1.165) is 0 Å². The van der Waals surface area contributed by atoms with Gasteiger partial charge in [0.25, 0.3) is 0 Å². The van der Waals surface area contributed by atoms with Crippen molar-refractivity contribution in [3.05, 3.63) is 60.9 Å². The van der Waals surface area contributed by atoms with Gasteiger partial charge < -0.3 is 16.5 Å². The Kier molecular flexibility index (Phi) is 14.1. The number of allylic oxidation sites excluding steroid dienone is 1. The van der Waals surface area contributed by atoms with Crippen LogP contribution in [-0.2, 0) is 16.5 Å². The van der Waals surface area contributed by atoms with Gasteiger partial charge in [0.15, 0.2) is 0 Å². The second kappa shape index (κ2) is 13.4. The first-order valence-electron chi connectivity index (χ1n) is 11.4. The van der Waals surface area contributed by atoms with Gasteiger partial charge in [0, 0.05) is 6.08 Å². The van der Waals surface area contributed by atoms with E-state index in [2.05, 4.69) is 78.7 Å². The van der Waals surface area contributed by atoms with Gasteiger partial charge in [0.05, 0.1) is 8.07 Å². The molecule has 0 heterocycles. The average Bonchev–Trinajstić information content (AvgIpc) is 2.64. The highest BCUT2D eigenvalue weighted by atomic mass is 28.5. The second-order valence-corrected chi connectivity index (χ2v) is 35.2. The molecule has 13 heteroatoms. The molecule has 0 saturated heterocycles. The number of hydrogen-bond acceptors (Lipinski definition) is 4. The summed E-state index contributed by atoms with van der Waals surface area (Å²) in [6.45, 7) is 37.8. The first-order chi connectivity index (χ1) is 15.3. The molecular formula is C22H47F3O4Si6. The SMILES string of the molecule is C=C[Si](C)(C)O[Si](O[Si](C)(C)C=C)(O[Si](C)(C)C=C)O[Si](C)(C)C=C.C[Si](C)(C)/C=C/C(F)(F)F. The molecule has 0 aromatic rings. The highest BCUT2D eigenvalue weighted by molar-refractivity contribution is 6.95. The van der Waals surface area contributed by atoms with Crippen molar-refractivity contribution in [2.24, 2.45) is 0 Å². The van der Waals surface area contributed by atoms with Crippen LogP contribution in [0, 0.1) is 0 Å². The third kappa shape index (κ3) is 18.5. The van der Waals surface area contributed by atoms with Crippen molar-refractivity contribution in [1.29, 1.82) is 0 Å². The Morgan fingerprint density at radius 2 is 0.743 bits per heavy atom.